The quantitative estimate of drug-likeness (QED) is 0.809. The SMILES string of the molecule is COc1cc(C(=O)c2cc(Cl)cc3c2OCC3)ccc1C. The van der Waals surface area contributed by atoms with E-state index in [1.54, 1.807) is 25.3 Å². The van der Waals surface area contributed by atoms with Crippen molar-refractivity contribution < 1.29 is 14.3 Å². The molecule has 3 nitrogen and oxygen atoms in total. The maximum atomic E-state index is 12.7. The Bertz CT molecular complexity index is 722. The number of fused-ring (bicyclic) bond motifs is 1. The van der Waals surface area contributed by atoms with Crippen LogP contribution in [-0.4, -0.2) is 19.5 Å². The number of rotatable bonds is 3. The smallest absolute Gasteiger partial charge is 0.196 e. The van der Waals surface area contributed by atoms with Crippen LogP contribution in [-0.2, 0) is 6.42 Å². The third-order valence-electron chi connectivity index (χ3n) is 3.66. The van der Waals surface area contributed by atoms with Crippen LogP contribution >= 0.6 is 11.6 Å². The lowest BCUT2D eigenvalue weighted by Gasteiger charge is -2.10. The molecule has 0 bridgehead atoms. The van der Waals surface area contributed by atoms with Crippen molar-refractivity contribution in [3.8, 4) is 11.5 Å². The molecule has 21 heavy (non-hydrogen) atoms. The third kappa shape index (κ3) is 2.49. The summed E-state index contributed by atoms with van der Waals surface area (Å²) in [5.41, 5.74) is 3.06. The minimum atomic E-state index is -0.103. The summed E-state index contributed by atoms with van der Waals surface area (Å²) < 4.78 is 10.9. The van der Waals surface area contributed by atoms with Crippen molar-refractivity contribution in [1.82, 2.24) is 0 Å². The van der Waals surface area contributed by atoms with Gasteiger partial charge in [0, 0.05) is 17.0 Å². The van der Waals surface area contributed by atoms with E-state index >= 15 is 0 Å². The second kappa shape index (κ2) is 5.41. The van der Waals surface area contributed by atoms with Gasteiger partial charge in [-0.3, -0.25) is 4.79 Å². The minimum Gasteiger partial charge on any atom is -0.496 e. The first-order chi connectivity index (χ1) is 10.1. The van der Waals surface area contributed by atoms with Crippen molar-refractivity contribution in [1.29, 1.82) is 0 Å². The average molecular weight is 303 g/mol. The van der Waals surface area contributed by atoms with E-state index in [-0.39, 0.29) is 5.78 Å². The highest BCUT2D eigenvalue weighted by molar-refractivity contribution is 6.31. The molecule has 0 fully saturated rings. The molecule has 0 aromatic heterocycles. The van der Waals surface area contributed by atoms with Crippen LogP contribution in [0, 0.1) is 6.92 Å². The maximum absolute atomic E-state index is 12.7. The Morgan fingerprint density at radius 3 is 2.86 bits per heavy atom. The van der Waals surface area contributed by atoms with Crippen LogP contribution in [0.5, 0.6) is 11.5 Å². The van der Waals surface area contributed by atoms with Gasteiger partial charge in [-0.05, 0) is 36.2 Å². The number of benzene rings is 2. The van der Waals surface area contributed by atoms with E-state index in [4.69, 9.17) is 21.1 Å². The van der Waals surface area contributed by atoms with Crippen molar-refractivity contribution in [3.05, 3.63) is 57.6 Å². The second-order valence-corrected chi connectivity index (χ2v) is 5.49. The maximum Gasteiger partial charge on any atom is 0.196 e. The Hall–Kier alpha value is -2.00. The molecule has 2 aromatic rings. The number of carbonyl (C=O) groups excluding carboxylic acids is 1. The number of hydrogen-bond acceptors (Lipinski definition) is 3. The van der Waals surface area contributed by atoms with Crippen LogP contribution in [0.2, 0.25) is 5.02 Å². The minimum absolute atomic E-state index is 0.103. The second-order valence-electron chi connectivity index (χ2n) is 5.05. The number of halogens is 1. The molecule has 0 atom stereocenters. The monoisotopic (exact) mass is 302 g/mol. The van der Waals surface area contributed by atoms with Crippen molar-refractivity contribution in [3.63, 3.8) is 0 Å². The van der Waals surface area contributed by atoms with Gasteiger partial charge in [0.2, 0.25) is 0 Å². The summed E-state index contributed by atoms with van der Waals surface area (Å²) in [6, 6.07) is 8.94. The summed E-state index contributed by atoms with van der Waals surface area (Å²) in [5, 5.41) is 0.557. The molecule has 4 heteroatoms. The van der Waals surface area contributed by atoms with Crippen LogP contribution in [0.15, 0.2) is 30.3 Å². The molecule has 2 aromatic carbocycles. The van der Waals surface area contributed by atoms with Crippen molar-refractivity contribution >= 4 is 17.4 Å². The van der Waals surface area contributed by atoms with Crippen molar-refractivity contribution in [2.24, 2.45) is 0 Å². The summed E-state index contributed by atoms with van der Waals surface area (Å²) in [6.45, 7) is 2.53. The molecule has 0 saturated carbocycles. The first-order valence-electron chi connectivity index (χ1n) is 6.74. The third-order valence-corrected chi connectivity index (χ3v) is 3.88. The molecular weight excluding hydrogens is 288 g/mol. The van der Waals surface area contributed by atoms with Crippen molar-refractivity contribution in [2.75, 3.05) is 13.7 Å². The highest BCUT2D eigenvalue weighted by Crippen LogP contribution is 2.34. The number of aryl methyl sites for hydroxylation is 1. The zero-order valence-corrected chi connectivity index (χ0v) is 12.7. The van der Waals surface area contributed by atoms with Gasteiger partial charge in [0.25, 0.3) is 0 Å². The van der Waals surface area contributed by atoms with E-state index in [1.807, 2.05) is 19.1 Å². The first kappa shape index (κ1) is 14.0. The molecule has 108 valence electrons. The van der Waals surface area contributed by atoms with Gasteiger partial charge in [-0.2, -0.15) is 0 Å². The number of ketones is 1. The molecule has 1 aliphatic rings. The van der Waals surface area contributed by atoms with Crippen LogP contribution in [0.1, 0.15) is 27.0 Å². The Morgan fingerprint density at radius 1 is 1.29 bits per heavy atom. The zero-order chi connectivity index (χ0) is 15.0. The summed E-state index contributed by atoms with van der Waals surface area (Å²) in [5.74, 6) is 1.25. The van der Waals surface area contributed by atoms with Gasteiger partial charge in [-0.1, -0.05) is 23.7 Å². The van der Waals surface area contributed by atoms with Gasteiger partial charge in [-0.15, -0.1) is 0 Å². The van der Waals surface area contributed by atoms with E-state index in [9.17, 15) is 4.79 Å². The topological polar surface area (TPSA) is 35.5 Å². The fourth-order valence-corrected chi connectivity index (χ4v) is 2.80. The first-order valence-corrected chi connectivity index (χ1v) is 7.12. The number of methoxy groups -OCH3 is 1. The summed E-state index contributed by atoms with van der Waals surface area (Å²) in [7, 11) is 1.59. The lowest BCUT2D eigenvalue weighted by molar-refractivity contribution is 0.103. The molecule has 1 aliphatic heterocycles. The number of carbonyl (C=O) groups is 1. The van der Waals surface area contributed by atoms with Gasteiger partial charge in [0.15, 0.2) is 5.78 Å². The van der Waals surface area contributed by atoms with Crippen LogP contribution in [0.4, 0.5) is 0 Å². The Balaban J connectivity index is 2.07. The Kier molecular flexibility index (Phi) is 3.60. The van der Waals surface area contributed by atoms with Gasteiger partial charge in [-0.25, -0.2) is 0 Å². The molecule has 0 amide bonds. The van der Waals surface area contributed by atoms with E-state index in [2.05, 4.69) is 0 Å². The highest BCUT2D eigenvalue weighted by Gasteiger charge is 2.23. The summed E-state index contributed by atoms with van der Waals surface area (Å²) in [4.78, 5) is 12.7. The zero-order valence-electron chi connectivity index (χ0n) is 11.9. The van der Waals surface area contributed by atoms with Crippen molar-refractivity contribution in [2.45, 2.75) is 13.3 Å². The normalized spacial score (nSPS) is 12.7. The van der Waals surface area contributed by atoms with E-state index in [1.165, 1.54) is 0 Å². The fourth-order valence-electron chi connectivity index (χ4n) is 2.55. The highest BCUT2D eigenvalue weighted by atomic mass is 35.5. The molecule has 0 saturated heterocycles. The molecule has 0 aliphatic carbocycles. The number of hydrogen-bond donors (Lipinski definition) is 0. The largest absolute Gasteiger partial charge is 0.496 e. The van der Waals surface area contributed by atoms with Gasteiger partial charge in [0.05, 0.1) is 19.3 Å². The molecule has 3 rings (SSSR count). The predicted molar refractivity (Wildman–Crippen MR) is 81.8 cm³/mol. The van der Waals surface area contributed by atoms with Gasteiger partial charge in [0.1, 0.15) is 11.5 Å². The average Bonchev–Trinajstić information content (AvgIpc) is 2.94. The van der Waals surface area contributed by atoms with Crippen LogP contribution in [0.25, 0.3) is 0 Å². The summed E-state index contributed by atoms with van der Waals surface area (Å²) >= 11 is 6.11. The number of ether oxygens (including phenoxy) is 2. The molecule has 0 radical (unpaired) electrons. The van der Waals surface area contributed by atoms with E-state index in [0.717, 1.165) is 17.5 Å². The van der Waals surface area contributed by atoms with Crippen LogP contribution in [0.3, 0.4) is 0 Å². The molecule has 1 heterocycles. The lowest BCUT2D eigenvalue weighted by Crippen LogP contribution is -2.05. The summed E-state index contributed by atoms with van der Waals surface area (Å²) in [6.07, 6.45) is 0.785. The predicted octanol–water partition coefficient (Wildman–Crippen LogP) is 3.82. The molecule has 0 unspecified atom stereocenters. The van der Waals surface area contributed by atoms with Gasteiger partial charge < -0.3 is 9.47 Å². The van der Waals surface area contributed by atoms with E-state index < -0.39 is 0 Å². The van der Waals surface area contributed by atoms with Gasteiger partial charge >= 0.3 is 0 Å². The molecule has 0 N–H and O–H groups in total. The molecule has 0 spiro atoms. The lowest BCUT2D eigenvalue weighted by atomic mass is 9.98. The Labute approximate surface area is 128 Å². The Morgan fingerprint density at radius 2 is 2.10 bits per heavy atom. The van der Waals surface area contributed by atoms with E-state index in [0.29, 0.717) is 34.3 Å². The molecular formula is C17H15ClO3. The van der Waals surface area contributed by atoms with Crippen LogP contribution < -0.4 is 9.47 Å². The standard InChI is InChI=1S/C17H15ClO3/c1-10-3-4-11(8-15(10)20-2)16(19)14-9-13(18)7-12-5-6-21-17(12)14/h3-4,7-9H,5-6H2,1-2H3. The fraction of sp³-hybridized carbons (Fsp3) is 0.235.